The highest BCUT2D eigenvalue weighted by molar-refractivity contribution is 6.35. The first-order valence-electron chi connectivity index (χ1n) is 25.5. The van der Waals surface area contributed by atoms with E-state index in [1.165, 1.54) is 36.9 Å². The number of nitrogens with zero attached hydrogens (tertiary/aromatic N) is 9. The van der Waals surface area contributed by atoms with Crippen molar-refractivity contribution in [2.75, 3.05) is 6.54 Å². The molecule has 2 amide bonds. The van der Waals surface area contributed by atoms with Gasteiger partial charge in [-0.25, -0.2) is 32.7 Å². The molecule has 0 saturated heterocycles. The number of rotatable bonds is 9. The molecule has 1 aliphatic rings. The zero-order valence-electron chi connectivity index (χ0n) is 47.4. The standard InChI is InChI=1S/C19H17N3O3.C14H10N2O3.C12H7ClN2O.C7H11NO2.C6H2Cl2N2.C6H6O/c1-19(2,3)25-18(23)17(21-4)16-14(12-20)15(10-11-22-16)24-13-8-6-5-7-9-13;17-12-8-10-13(14(18)16-12)11(6-7-15-10)19-9-4-2-1-3-5-9;13-12-10(8-14)11(6-7-15-12)16-9-4-2-1-3-5-9;1-7(2,3)10-6(9)5-8-4;7-5-1-2-10-6(8)4(5)3-9;7-6-4-2-1-3-5-6/h5-11,17H,1-3H3;1-7H,8H2,(H,16,17,18);1-7H;5H2,1-3H3;1-2H;1-5,7H. The fourth-order valence-electron chi connectivity index (χ4n) is 6.61. The van der Waals surface area contributed by atoms with E-state index in [1.807, 2.05) is 66.7 Å². The molecule has 0 fully saturated rings. The lowest BCUT2D eigenvalue weighted by Crippen LogP contribution is -2.37. The second kappa shape index (κ2) is 34.6. The number of phenolic OH excluding ortho intramolecular Hbond substituents is 1. The number of esters is 2. The molecule has 1 atom stereocenters. The van der Waals surface area contributed by atoms with Gasteiger partial charge < -0.3 is 33.6 Å². The van der Waals surface area contributed by atoms with Crippen LogP contribution >= 0.6 is 34.8 Å². The number of hydrogen-bond acceptors (Lipinski definition) is 17. The van der Waals surface area contributed by atoms with Gasteiger partial charge in [-0.1, -0.05) is 108 Å². The Morgan fingerprint density at radius 3 is 1.45 bits per heavy atom. The first kappa shape index (κ1) is 68.6. The Balaban J connectivity index is 0.000000234. The first-order chi connectivity index (χ1) is 41.5. The van der Waals surface area contributed by atoms with Crippen LogP contribution in [-0.4, -0.2) is 66.5 Å². The lowest BCUT2D eigenvalue weighted by Gasteiger charge is -2.20. The number of carbonyl (C=O) groups excluding carboxylic acids is 4. The summed E-state index contributed by atoms with van der Waals surface area (Å²) in [5.41, 5.74) is 0.0950. The van der Waals surface area contributed by atoms with Crippen LogP contribution in [0.4, 0.5) is 0 Å². The summed E-state index contributed by atoms with van der Waals surface area (Å²) in [5, 5.41) is 38.4. The summed E-state index contributed by atoms with van der Waals surface area (Å²) in [4.78, 5) is 67.9. The van der Waals surface area contributed by atoms with Gasteiger partial charge in [-0.2, -0.15) is 15.8 Å². The van der Waals surface area contributed by atoms with Gasteiger partial charge in [0, 0.05) is 36.9 Å². The van der Waals surface area contributed by atoms with Gasteiger partial charge in [-0.3, -0.25) is 29.7 Å². The average Bonchev–Trinajstić information content (AvgIpc) is 2.23. The minimum absolute atomic E-state index is 0.0279. The van der Waals surface area contributed by atoms with Crippen molar-refractivity contribution in [1.29, 1.82) is 15.8 Å². The molecule has 4 aromatic carbocycles. The van der Waals surface area contributed by atoms with E-state index < -0.39 is 35.1 Å². The highest BCUT2D eigenvalue weighted by atomic mass is 35.5. The molecule has 0 radical (unpaired) electrons. The number of imide groups is 1. The summed E-state index contributed by atoms with van der Waals surface area (Å²) < 4.78 is 27.0. The number of benzene rings is 4. The van der Waals surface area contributed by atoms with Crippen molar-refractivity contribution >= 4 is 58.6 Å². The van der Waals surface area contributed by atoms with E-state index in [0.29, 0.717) is 50.8 Å². The summed E-state index contributed by atoms with van der Waals surface area (Å²) in [6, 6.07) is 46.7. The first-order valence-corrected chi connectivity index (χ1v) is 26.7. The molecule has 0 saturated carbocycles. The monoisotopic (exact) mass is 1230 g/mol. The van der Waals surface area contributed by atoms with Crippen LogP contribution in [-0.2, 0) is 30.3 Å². The number of nitriles is 3. The van der Waals surface area contributed by atoms with Gasteiger partial charge >= 0.3 is 24.5 Å². The number of halogens is 3. The van der Waals surface area contributed by atoms with Gasteiger partial charge in [0.25, 0.3) is 5.91 Å². The summed E-state index contributed by atoms with van der Waals surface area (Å²) >= 11 is 16.9. The van der Waals surface area contributed by atoms with E-state index >= 15 is 0 Å². The van der Waals surface area contributed by atoms with Gasteiger partial charge in [0.05, 0.1) is 17.1 Å². The second-order valence-corrected chi connectivity index (χ2v) is 20.2. The van der Waals surface area contributed by atoms with Gasteiger partial charge in [0.15, 0.2) is 10.8 Å². The predicted octanol–water partition coefficient (Wildman–Crippen LogP) is 14.0. The normalized spacial score (nSPS) is 11.0. The van der Waals surface area contributed by atoms with Crippen LogP contribution in [0.15, 0.2) is 170 Å². The third-order valence-electron chi connectivity index (χ3n) is 10.1. The highest BCUT2D eigenvalue weighted by Crippen LogP contribution is 2.33. The molecule has 0 bridgehead atoms. The molecule has 5 heterocycles. The van der Waals surface area contributed by atoms with Gasteiger partial charge in [0.2, 0.25) is 5.91 Å². The van der Waals surface area contributed by atoms with Crippen molar-refractivity contribution in [1.82, 2.24) is 25.3 Å². The minimum Gasteiger partial charge on any atom is -0.508 e. The number of nitrogens with one attached hydrogen (secondary N) is 1. The second-order valence-electron chi connectivity index (χ2n) is 19.1. The number of amides is 2. The summed E-state index contributed by atoms with van der Waals surface area (Å²) in [5.74, 6) is 1.17. The molecule has 0 spiro atoms. The van der Waals surface area contributed by atoms with Gasteiger partial charge in [0.1, 0.15) is 97.1 Å². The Bertz CT molecular complexity index is 3820. The van der Waals surface area contributed by atoms with Crippen molar-refractivity contribution < 1.29 is 48.0 Å². The van der Waals surface area contributed by atoms with Crippen LogP contribution in [0.25, 0.3) is 9.69 Å². The molecule has 1 aliphatic heterocycles. The zero-order chi connectivity index (χ0) is 63.9. The van der Waals surface area contributed by atoms with E-state index in [4.69, 9.17) is 87.3 Å². The topological polar surface area (TPSA) is 278 Å². The van der Waals surface area contributed by atoms with Gasteiger partial charge in [-0.15, -0.1) is 0 Å². The molecule has 20 nitrogen and oxygen atoms in total. The highest BCUT2D eigenvalue weighted by Gasteiger charge is 2.36. The summed E-state index contributed by atoms with van der Waals surface area (Å²) in [6.07, 6.45) is 5.97. The van der Waals surface area contributed by atoms with Crippen LogP contribution in [0.1, 0.15) is 86.0 Å². The van der Waals surface area contributed by atoms with E-state index in [2.05, 4.69) is 34.9 Å². The molecule has 9 rings (SSSR count). The number of aromatic hydroxyl groups is 1. The van der Waals surface area contributed by atoms with Crippen molar-refractivity contribution in [3.05, 3.63) is 242 Å². The van der Waals surface area contributed by atoms with Crippen molar-refractivity contribution in [2.45, 2.75) is 65.2 Å². The Hall–Kier alpha value is -10.9. The maximum atomic E-state index is 12.3. The average molecular weight is 1230 g/mol. The largest absolute Gasteiger partial charge is 0.508 e. The van der Waals surface area contributed by atoms with Crippen LogP contribution in [0.3, 0.4) is 0 Å². The SMILES string of the molecule is N#Cc1c(Cl)ccnc1Cl.N#Cc1c(Oc2ccccc2)ccnc1Cl.O=C1Cc2nccc(Oc3ccccc3)c2C(=O)N1.Oc1ccccc1.[C-]#[N+]C(C(=O)OC(C)(C)C)c1nccc(Oc2ccccc2)c1C#N.[C-]#[N+]CC(=O)OC(C)(C)C. The maximum absolute atomic E-state index is 12.3. The summed E-state index contributed by atoms with van der Waals surface area (Å²) in [6.45, 7) is 24.0. The molecule has 1 unspecified atom stereocenters. The number of aromatic nitrogens is 4. The lowest BCUT2D eigenvalue weighted by atomic mass is 10.1. The van der Waals surface area contributed by atoms with Crippen LogP contribution in [0.5, 0.6) is 40.2 Å². The van der Waals surface area contributed by atoms with Crippen molar-refractivity contribution in [2.24, 2.45) is 0 Å². The Kier molecular flexibility index (Phi) is 27.3. The predicted molar refractivity (Wildman–Crippen MR) is 322 cm³/mol. The number of phenols is 1. The van der Waals surface area contributed by atoms with Gasteiger partial charge in [-0.05, 0) is 102 Å². The van der Waals surface area contributed by atoms with Crippen molar-refractivity contribution in [3.8, 4) is 58.5 Å². The molecule has 440 valence electrons. The summed E-state index contributed by atoms with van der Waals surface area (Å²) in [7, 11) is 0. The van der Waals surface area contributed by atoms with E-state index in [0.717, 1.165) is 0 Å². The van der Waals surface area contributed by atoms with Crippen LogP contribution < -0.4 is 19.5 Å². The molecular weight excluding hydrogens is 1180 g/mol. The molecule has 23 heteroatoms. The minimum atomic E-state index is -1.33. The number of carbonyl (C=O) groups is 4. The zero-order valence-corrected chi connectivity index (χ0v) is 49.7. The number of fused-ring (bicyclic) bond motifs is 1. The van der Waals surface area contributed by atoms with Crippen LogP contribution in [0, 0.1) is 47.1 Å². The fourth-order valence-corrected chi connectivity index (χ4v) is 7.24. The van der Waals surface area contributed by atoms with E-state index in [1.54, 1.807) is 126 Å². The molecule has 2 N–H and O–H groups in total. The van der Waals surface area contributed by atoms with E-state index in [-0.39, 0.29) is 57.3 Å². The molecule has 0 aliphatic carbocycles. The Morgan fingerprint density at radius 2 is 1.02 bits per heavy atom. The third-order valence-corrected chi connectivity index (χ3v) is 11.0. The number of hydrogen-bond donors (Lipinski definition) is 2. The molecular formula is C64H53Cl3N10O10. The fraction of sp³-hybridized carbons (Fsp3) is 0.172. The molecule has 87 heavy (non-hydrogen) atoms. The Labute approximate surface area is 517 Å². The number of ether oxygens (including phenoxy) is 5. The van der Waals surface area contributed by atoms with E-state index in [9.17, 15) is 24.4 Å². The molecule has 4 aromatic heterocycles. The lowest BCUT2D eigenvalue weighted by molar-refractivity contribution is -0.156. The third kappa shape index (κ3) is 23.7. The quantitative estimate of drug-likeness (QED) is 0.0588. The Morgan fingerprint density at radius 1 is 0.598 bits per heavy atom. The number of para-hydroxylation sites is 4. The molecule has 8 aromatic rings. The number of pyridine rings is 4. The van der Waals surface area contributed by atoms with Crippen molar-refractivity contribution in [3.63, 3.8) is 0 Å². The van der Waals surface area contributed by atoms with Crippen LogP contribution in [0.2, 0.25) is 15.3 Å². The smallest absolute Gasteiger partial charge is 0.397 e. The maximum Gasteiger partial charge on any atom is 0.397 e.